The van der Waals surface area contributed by atoms with Gasteiger partial charge in [-0.3, -0.25) is 0 Å². The van der Waals surface area contributed by atoms with E-state index in [-0.39, 0.29) is 5.41 Å². The Bertz CT molecular complexity index is 346. The molecule has 0 aliphatic heterocycles. The summed E-state index contributed by atoms with van der Waals surface area (Å²) in [4.78, 5) is 11.8. The molecule has 0 heterocycles. The van der Waals surface area contributed by atoms with E-state index in [1.807, 2.05) is 20.8 Å². The largest absolute Gasteiger partial charge is 0.444 e. The minimum absolute atomic E-state index is 0.182. The third-order valence-electron chi connectivity index (χ3n) is 3.03. The Labute approximate surface area is 104 Å². The number of carbonyl (C=O) groups excluding carboxylic acids is 1. The predicted octanol–water partition coefficient (Wildman–Crippen LogP) is 3.09. The summed E-state index contributed by atoms with van der Waals surface area (Å²) >= 11 is 0. The summed E-state index contributed by atoms with van der Waals surface area (Å²) in [6.07, 6.45) is 7.80. The molecule has 0 saturated heterocycles. The average Bonchev–Trinajstić information content (AvgIpc) is 2.39. The van der Waals surface area contributed by atoms with Crippen LogP contribution in [0.4, 0.5) is 4.79 Å². The lowest BCUT2D eigenvalue weighted by Gasteiger charge is -2.28. The molecular weight excluding hydrogens is 214 g/mol. The van der Waals surface area contributed by atoms with Crippen LogP contribution in [-0.4, -0.2) is 17.2 Å². The highest BCUT2D eigenvalue weighted by molar-refractivity contribution is 5.69. The SMILES string of the molecule is C#CC1(NC(=O)OC(C)(C)C)CCC(C)(C)C1. The molecule has 1 atom stereocenters. The van der Waals surface area contributed by atoms with Gasteiger partial charge < -0.3 is 10.1 Å². The van der Waals surface area contributed by atoms with E-state index in [0.717, 1.165) is 19.3 Å². The fourth-order valence-electron chi connectivity index (χ4n) is 2.31. The van der Waals surface area contributed by atoms with Crippen LogP contribution in [0.15, 0.2) is 0 Å². The van der Waals surface area contributed by atoms with Crippen molar-refractivity contribution in [3.8, 4) is 12.3 Å². The summed E-state index contributed by atoms with van der Waals surface area (Å²) < 4.78 is 5.25. The van der Waals surface area contributed by atoms with Gasteiger partial charge in [0.25, 0.3) is 0 Å². The number of carbonyl (C=O) groups is 1. The Hall–Kier alpha value is -1.17. The number of hydrogen-bond donors (Lipinski definition) is 1. The molecule has 0 aromatic carbocycles. The number of nitrogens with one attached hydrogen (secondary N) is 1. The zero-order valence-corrected chi connectivity index (χ0v) is 11.5. The van der Waals surface area contributed by atoms with Gasteiger partial charge in [0.05, 0.1) is 0 Å². The van der Waals surface area contributed by atoms with Gasteiger partial charge in [-0.2, -0.15) is 0 Å². The molecule has 1 unspecified atom stereocenters. The molecule has 3 nitrogen and oxygen atoms in total. The molecular formula is C14H23NO2. The molecule has 17 heavy (non-hydrogen) atoms. The van der Waals surface area contributed by atoms with Crippen LogP contribution in [0.2, 0.25) is 0 Å². The maximum Gasteiger partial charge on any atom is 0.408 e. The molecule has 0 aromatic rings. The Kier molecular flexibility index (Phi) is 3.47. The lowest BCUT2D eigenvalue weighted by molar-refractivity contribution is 0.0480. The molecule has 0 spiro atoms. The maximum absolute atomic E-state index is 11.8. The molecule has 1 aliphatic carbocycles. The second kappa shape index (κ2) is 4.25. The molecule has 1 saturated carbocycles. The summed E-state index contributed by atoms with van der Waals surface area (Å²) in [5, 5.41) is 2.86. The summed E-state index contributed by atoms with van der Waals surface area (Å²) in [5.74, 6) is 2.74. The third-order valence-corrected chi connectivity index (χ3v) is 3.03. The van der Waals surface area contributed by atoms with Crippen LogP contribution in [0.3, 0.4) is 0 Å². The minimum atomic E-state index is -0.536. The van der Waals surface area contributed by atoms with Crippen LogP contribution in [0.25, 0.3) is 0 Å². The quantitative estimate of drug-likeness (QED) is 0.712. The molecule has 3 heteroatoms. The van der Waals surface area contributed by atoms with Gasteiger partial charge in [-0.05, 0) is 45.4 Å². The van der Waals surface area contributed by atoms with E-state index in [2.05, 4.69) is 25.1 Å². The third kappa shape index (κ3) is 3.96. The molecule has 0 radical (unpaired) electrons. The molecule has 96 valence electrons. The summed E-state index contributed by atoms with van der Waals surface area (Å²) in [6, 6.07) is 0. The van der Waals surface area contributed by atoms with Crippen LogP contribution >= 0.6 is 0 Å². The van der Waals surface area contributed by atoms with Crippen molar-refractivity contribution in [1.82, 2.24) is 5.32 Å². The zero-order valence-electron chi connectivity index (χ0n) is 11.5. The van der Waals surface area contributed by atoms with E-state index in [4.69, 9.17) is 11.2 Å². The number of ether oxygens (including phenoxy) is 1. The van der Waals surface area contributed by atoms with E-state index < -0.39 is 17.2 Å². The molecule has 1 aliphatic rings. The minimum Gasteiger partial charge on any atom is -0.444 e. The van der Waals surface area contributed by atoms with E-state index >= 15 is 0 Å². The van der Waals surface area contributed by atoms with Crippen LogP contribution in [0.5, 0.6) is 0 Å². The average molecular weight is 237 g/mol. The molecule has 0 bridgehead atoms. The fraction of sp³-hybridized carbons (Fsp3) is 0.786. The lowest BCUT2D eigenvalue weighted by Crippen LogP contribution is -2.47. The summed E-state index contributed by atoms with van der Waals surface area (Å²) in [5.41, 5.74) is -0.846. The van der Waals surface area contributed by atoms with E-state index in [1.165, 1.54) is 0 Å². The topological polar surface area (TPSA) is 38.3 Å². The maximum atomic E-state index is 11.8. The normalized spacial score (nSPS) is 27.3. The summed E-state index contributed by atoms with van der Waals surface area (Å²) in [6.45, 7) is 9.86. The first-order chi connectivity index (χ1) is 7.58. The Morgan fingerprint density at radius 1 is 1.35 bits per heavy atom. The monoisotopic (exact) mass is 237 g/mol. The van der Waals surface area contributed by atoms with Crippen molar-refractivity contribution in [2.75, 3.05) is 0 Å². The Balaban J connectivity index is 2.67. The van der Waals surface area contributed by atoms with Gasteiger partial charge in [-0.25, -0.2) is 4.79 Å². The highest BCUT2D eigenvalue weighted by Crippen LogP contribution is 2.43. The molecule has 1 fully saturated rings. The predicted molar refractivity (Wildman–Crippen MR) is 68.6 cm³/mol. The van der Waals surface area contributed by atoms with Crippen molar-refractivity contribution in [3.63, 3.8) is 0 Å². The molecule has 1 N–H and O–H groups in total. The first-order valence-electron chi connectivity index (χ1n) is 6.07. The molecule has 1 rings (SSSR count). The fourth-order valence-corrected chi connectivity index (χ4v) is 2.31. The zero-order chi connectivity index (χ0) is 13.3. The number of rotatable bonds is 1. The number of alkyl carbamates (subject to hydrolysis) is 1. The first-order valence-corrected chi connectivity index (χ1v) is 6.07. The van der Waals surface area contributed by atoms with Gasteiger partial charge in [-0.15, -0.1) is 6.42 Å². The standard InChI is InChI=1S/C14H23NO2/c1-7-14(9-8-13(5,6)10-14)15-11(16)17-12(2,3)4/h1H,8-10H2,2-6H3,(H,15,16). The first kappa shape index (κ1) is 13.9. The van der Waals surface area contributed by atoms with Gasteiger partial charge in [0.1, 0.15) is 11.1 Å². The van der Waals surface area contributed by atoms with Crippen molar-refractivity contribution < 1.29 is 9.53 Å². The van der Waals surface area contributed by atoms with Crippen LogP contribution in [0, 0.1) is 17.8 Å². The van der Waals surface area contributed by atoms with E-state index in [9.17, 15) is 4.79 Å². The van der Waals surface area contributed by atoms with E-state index in [0.29, 0.717) is 0 Å². The number of terminal acetylenes is 1. The second-order valence-electron chi connectivity index (χ2n) is 6.69. The van der Waals surface area contributed by atoms with Gasteiger partial charge in [0.15, 0.2) is 0 Å². The van der Waals surface area contributed by atoms with Crippen molar-refractivity contribution >= 4 is 6.09 Å². The highest BCUT2D eigenvalue weighted by Gasteiger charge is 2.43. The van der Waals surface area contributed by atoms with Crippen molar-refractivity contribution in [2.24, 2.45) is 5.41 Å². The highest BCUT2D eigenvalue weighted by atomic mass is 16.6. The van der Waals surface area contributed by atoms with Gasteiger partial charge in [0, 0.05) is 0 Å². The van der Waals surface area contributed by atoms with Crippen LogP contribution < -0.4 is 5.32 Å². The van der Waals surface area contributed by atoms with Crippen molar-refractivity contribution in [3.05, 3.63) is 0 Å². The van der Waals surface area contributed by atoms with Gasteiger partial charge >= 0.3 is 6.09 Å². The second-order valence-corrected chi connectivity index (χ2v) is 6.69. The number of hydrogen-bond acceptors (Lipinski definition) is 2. The van der Waals surface area contributed by atoms with Crippen molar-refractivity contribution in [1.29, 1.82) is 0 Å². The Morgan fingerprint density at radius 2 is 1.94 bits per heavy atom. The summed E-state index contributed by atoms with van der Waals surface area (Å²) in [7, 11) is 0. The van der Waals surface area contributed by atoms with Gasteiger partial charge in [0.2, 0.25) is 0 Å². The van der Waals surface area contributed by atoms with Crippen molar-refractivity contribution in [2.45, 2.75) is 65.0 Å². The van der Waals surface area contributed by atoms with Crippen LogP contribution in [-0.2, 0) is 4.74 Å². The van der Waals surface area contributed by atoms with Crippen LogP contribution in [0.1, 0.15) is 53.9 Å². The lowest BCUT2D eigenvalue weighted by atomic mass is 9.88. The van der Waals surface area contributed by atoms with E-state index in [1.54, 1.807) is 0 Å². The Morgan fingerprint density at radius 3 is 2.29 bits per heavy atom. The van der Waals surface area contributed by atoms with Gasteiger partial charge in [-0.1, -0.05) is 19.8 Å². The smallest absolute Gasteiger partial charge is 0.408 e. The molecule has 1 amide bonds. The number of amides is 1. The molecule has 0 aromatic heterocycles.